The predicted molar refractivity (Wildman–Crippen MR) is 105 cm³/mol. The first-order chi connectivity index (χ1) is 11.7. The van der Waals surface area contributed by atoms with Gasteiger partial charge in [0, 0.05) is 25.4 Å². The molecule has 9 heteroatoms. The van der Waals surface area contributed by atoms with Crippen molar-refractivity contribution in [2.24, 2.45) is 5.92 Å². The van der Waals surface area contributed by atoms with Gasteiger partial charge in [0.15, 0.2) is 9.84 Å². The number of halogens is 1. The van der Waals surface area contributed by atoms with Crippen molar-refractivity contribution >= 4 is 32.3 Å². The van der Waals surface area contributed by atoms with Crippen molar-refractivity contribution in [3.8, 4) is 0 Å². The number of hydrogen-bond donors (Lipinski definition) is 1. The highest BCUT2D eigenvalue weighted by molar-refractivity contribution is 7.90. The highest BCUT2D eigenvalue weighted by Gasteiger charge is 2.30. The zero-order valence-electron chi connectivity index (χ0n) is 14.9. The number of piperidine rings is 1. The Hall–Kier alpha value is -0.670. The van der Waals surface area contributed by atoms with E-state index in [0.717, 1.165) is 25.3 Å². The first-order valence-corrected chi connectivity index (χ1v) is 12.2. The smallest absolute Gasteiger partial charge is 0.243 e. The van der Waals surface area contributed by atoms with E-state index in [1.807, 2.05) is 0 Å². The summed E-state index contributed by atoms with van der Waals surface area (Å²) < 4.78 is 49.7. The molecule has 2 aliphatic rings. The van der Waals surface area contributed by atoms with E-state index in [2.05, 4.69) is 5.32 Å². The Kier molecular flexibility index (Phi) is 7.12. The molecule has 1 aliphatic carbocycles. The largest absolute Gasteiger partial charge is 0.314 e. The van der Waals surface area contributed by atoms with Gasteiger partial charge in [0.2, 0.25) is 10.0 Å². The van der Waals surface area contributed by atoms with Crippen LogP contribution < -0.4 is 5.32 Å². The van der Waals surface area contributed by atoms with Crippen LogP contribution in [0.25, 0.3) is 0 Å². The van der Waals surface area contributed by atoms with E-state index in [1.54, 1.807) is 12.1 Å². The van der Waals surface area contributed by atoms with E-state index in [4.69, 9.17) is 0 Å². The Morgan fingerprint density at radius 3 is 2.08 bits per heavy atom. The molecule has 1 saturated carbocycles. The third-order valence-electron chi connectivity index (χ3n) is 4.84. The van der Waals surface area contributed by atoms with Crippen LogP contribution in [0.2, 0.25) is 0 Å². The van der Waals surface area contributed by atoms with E-state index in [9.17, 15) is 16.8 Å². The molecule has 0 amide bonds. The zero-order valence-corrected chi connectivity index (χ0v) is 17.4. The topological polar surface area (TPSA) is 83.5 Å². The minimum Gasteiger partial charge on any atom is -0.314 e. The van der Waals surface area contributed by atoms with Gasteiger partial charge in [-0.15, -0.1) is 12.4 Å². The number of nitrogens with one attached hydrogen (secondary N) is 1. The highest BCUT2D eigenvalue weighted by atomic mass is 35.5. The first kappa shape index (κ1) is 21.6. The van der Waals surface area contributed by atoms with E-state index in [1.165, 1.54) is 35.5 Å². The van der Waals surface area contributed by atoms with Crippen molar-refractivity contribution in [2.75, 3.05) is 25.9 Å². The molecule has 1 N–H and O–H groups in total. The summed E-state index contributed by atoms with van der Waals surface area (Å²) in [7, 11) is -6.63. The Morgan fingerprint density at radius 2 is 1.58 bits per heavy atom. The number of sulfone groups is 1. The molecular weight excluding hydrogens is 396 g/mol. The van der Waals surface area contributed by atoms with Gasteiger partial charge < -0.3 is 5.32 Å². The van der Waals surface area contributed by atoms with Gasteiger partial charge in [-0.1, -0.05) is 12.1 Å². The monoisotopic (exact) mass is 422 g/mol. The second-order valence-electron chi connectivity index (χ2n) is 7.24. The Bertz CT molecular complexity index is 798. The maximum Gasteiger partial charge on any atom is 0.243 e. The predicted octanol–water partition coefficient (Wildman–Crippen LogP) is 1.81. The molecule has 1 aromatic carbocycles. The van der Waals surface area contributed by atoms with Crippen molar-refractivity contribution in [1.82, 2.24) is 9.62 Å². The lowest BCUT2D eigenvalue weighted by atomic mass is 10.1. The summed E-state index contributed by atoms with van der Waals surface area (Å²) in [4.78, 5) is 0.231. The second-order valence-corrected chi connectivity index (χ2v) is 11.3. The minimum atomic E-state index is -3.51. The maximum absolute atomic E-state index is 12.8. The van der Waals surface area contributed by atoms with Crippen LogP contribution in [0.3, 0.4) is 0 Å². The standard InChI is InChI=1S/C17H26N2O4S2.ClH/c1-24(20,21)13-15-4-6-17(7-5-15)25(22,23)19-10-8-16(9-11-19)18-12-14-2-3-14;/h4-7,14,16,18H,2-3,8-13H2,1H3;1H. The first-order valence-electron chi connectivity index (χ1n) is 8.74. The van der Waals surface area contributed by atoms with Crippen molar-refractivity contribution in [3.05, 3.63) is 29.8 Å². The van der Waals surface area contributed by atoms with Crippen LogP contribution >= 0.6 is 12.4 Å². The molecule has 1 aromatic rings. The Morgan fingerprint density at radius 1 is 1.00 bits per heavy atom. The van der Waals surface area contributed by atoms with Crippen LogP contribution in [-0.4, -0.2) is 53.1 Å². The molecule has 0 atom stereocenters. The molecular formula is C17H27ClN2O4S2. The van der Waals surface area contributed by atoms with Crippen molar-refractivity contribution in [1.29, 1.82) is 0 Å². The summed E-state index contributed by atoms with van der Waals surface area (Å²) in [5.41, 5.74) is 0.601. The molecule has 6 nitrogen and oxygen atoms in total. The lowest BCUT2D eigenvalue weighted by Crippen LogP contribution is -2.45. The van der Waals surface area contributed by atoms with Crippen LogP contribution in [0.4, 0.5) is 0 Å². The van der Waals surface area contributed by atoms with Gasteiger partial charge in [-0.2, -0.15) is 4.31 Å². The Balaban J connectivity index is 0.00000243. The number of sulfonamides is 1. The molecule has 148 valence electrons. The van der Waals surface area contributed by atoms with Crippen molar-refractivity contribution < 1.29 is 16.8 Å². The van der Waals surface area contributed by atoms with Crippen LogP contribution in [0.5, 0.6) is 0 Å². The number of benzene rings is 1. The van der Waals surface area contributed by atoms with E-state index in [0.29, 0.717) is 24.7 Å². The Labute approximate surface area is 162 Å². The summed E-state index contributed by atoms with van der Waals surface area (Å²) in [6, 6.07) is 6.58. The fourth-order valence-corrected chi connectivity index (χ4v) is 5.43. The van der Waals surface area contributed by atoms with Crippen molar-refractivity contribution in [3.63, 3.8) is 0 Å². The van der Waals surface area contributed by atoms with Gasteiger partial charge in [-0.05, 0) is 55.8 Å². The molecule has 26 heavy (non-hydrogen) atoms. The lowest BCUT2D eigenvalue weighted by Gasteiger charge is -2.31. The van der Waals surface area contributed by atoms with E-state index < -0.39 is 19.9 Å². The average Bonchev–Trinajstić information content (AvgIpc) is 3.37. The van der Waals surface area contributed by atoms with Crippen LogP contribution in [0, 0.1) is 5.92 Å². The average molecular weight is 423 g/mol. The normalized spacial score (nSPS) is 19.9. The van der Waals surface area contributed by atoms with Gasteiger partial charge in [-0.25, -0.2) is 16.8 Å². The third-order valence-corrected chi connectivity index (χ3v) is 7.61. The molecule has 0 spiro atoms. The maximum atomic E-state index is 12.8. The molecule has 2 fully saturated rings. The van der Waals surface area contributed by atoms with Gasteiger partial charge in [0.25, 0.3) is 0 Å². The summed E-state index contributed by atoms with van der Waals surface area (Å²) >= 11 is 0. The third kappa shape index (κ3) is 5.92. The molecule has 1 aliphatic heterocycles. The van der Waals surface area contributed by atoms with Gasteiger partial charge in [0.05, 0.1) is 10.6 Å². The lowest BCUT2D eigenvalue weighted by molar-refractivity contribution is 0.288. The summed E-state index contributed by atoms with van der Waals surface area (Å²) in [6.45, 7) is 2.10. The van der Waals surface area contributed by atoms with Gasteiger partial charge >= 0.3 is 0 Å². The molecule has 0 bridgehead atoms. The number of rotatable bonds is 7. The number of nitrogens with zero attached hydrogens (tertiary/aromatic N) is 1. The van der Waals surface area contributed by atoms with E-state index >= 15 is 0 Å². The van der Waals surface area contributed by atoms with Gasteiger partial charge in [-0.3, -0.25) is 0 Å². The quantitative estimate of drug-likeness (QED) is 0.724. The molecule has 3 rings (SSSR count). The van der Waals surface area contributed by atoms with Crippen LogP contribution in [0.15, 0.2) is 29.2 Å². The molecule has 1 saturated heterocycles. The molecule has 0 aromatic heterocycles. The highest BCUT2D eigenvalue weighted by Crippen LogP contribution is 2.28. The fourth-order valence-electron chi connectivity index (χ4n) is 3.17. The number of hydrogen-bond acceptors (Lipinski definition) is 5. The summed E-state index contributed by atoms with van der Waals surface area (Å²) in [5, 5.41) is 3.55. The minimum absolute atomic E-state index is 0. The summed E-state index contributed by atoms with van der Waals surface area (Å²) in [5.74, 6) is 0.748. The summed E-state index contributed by atoms with van der Waals surface area (Å²) in [6.07, 6.45) is 5.46. The molecule has 1 heterocycles. The van der Waals surface area contributed by atoms with E-state index in [-0.39, 0.29) is 23.1 Å². The van der Waals surface area contributed by atoms with Gasteiger partial charge in [0.1, 0.15) is 0 Å². The molecule has 0 unspecified atom stereocenters. The van der Waals surface area contributed by atoms with Crippen LogP contribution in [0.1, 0.15) is 31.2 Å². The van der Waals surface area contributed by atoms with Crippen molar-refractivity contribution in [2.45, 2.75) is 42.4 Å². The second kappa shape index (κ2) is 8.56. The van der Waals surface area contributed by atoms with Crippen LogP contribution in [-0.2, 0) is 25.6 Å². The zero-order chi connectivity index (χ0) is 18.1. The molecule has 0 radical (unpaired) electrons. The SMILES string of the molecule is CS(=O)(=O)Cc1ccc(S(=O)(=O)N2CCC(NCC3CC3)CC2)cc1.Cl. The fraction of sp³-hybridized carbons (Fsp3) is 0.647.